The third-order valence-corrected chi connectivity index (χ3v) is 9.57. The molecule has 198 valence electrons. The van der Waals surface area contributed by atoms with E-state index >= 15 is 0 Å². The smallest absolute Gasteiger partial charge is 0.258 e. The van der Waals surface area contributed by atoms with Crippen LogP contribution in [0.5, 0.6) is 0 Å². The molecule has 0 amide bonds. The Morgan fingerprint density at radius 2 is 1.72 bits per heavy atom. The van der Waals surface area contributed by atoms with Crippen molar-refractivity contribution in [2.75, 3.05) is 25.0 Å². The van der Waals surface area contributed by atoms with E-state index in [-0.39, 0.29) is 17.4 Å². The maximum absolute atomic E-state index is 13.5. The Morgan fingerprint density at radius 3 is 2.38 bits per heavy atom. The second kappa shape index (κ2) is 9.58. The molecule has 0 radical (unpaired) electrons. The number of anilines is 2. The van der Waals surface area contributed by atoms with Crippen molar-refractivity contribution in [1.29, 1.82) is 5.26 Å². The van der Waals surface area contributed by atoms with Crippen molar-refractivity contribution in [3.8, 4) is 17.3 Å². The molecule has 1 saturated heterocycles. The minimum atomic E-state index is -0.326. The van der Waals surface area contributed by atoms with Crippen LogP contribution < -0.4 is 10.5 Å². The molecule has 3 heterocycles. The molecular formula is C31H30FN5OS. The number of halogens is 1. The number of hydrogen-bond donors (Lipinski definition) is 0. The number of thiazole rings is 1. The van der Waals surface area contributed by atoms with E-state index in [2.05, 4.69) is 23.1 Å². The molecule has 0 unspecified atom stereocenters. The van der Waals surface area contributed by atoms with Gasteiger partial charge in [0.1, 0.15) is 22.5 Å². The molecule has 0 atom stereocenters. The molecule has 3 aliphatic rings. The average molecular weight is 540 g/mol. The zero-order valence-corrected chi connectivity index (χ0v) is 22.8. The summed E-state index contributed by atoms with van der Waals surface area (Å²) in [6.07, 6.45) is 8.98. The molecule has 6 nitrogen and oxygen atoms in total. The molecule has 3 fully saturated rings. The van der Waals surface area contributed by atoms with Crippen LogP contribution in [0.2, 0.25) is 0 Å². The van der Waals surface area contributed by atoms with Crippen molar-refractivity contribution in [2.24, 2.45) is 0 Å². The Morgan fingerprint density at radius 1 is 1.00 bits per heavy atom. The summed E-state index contributed by atoms with van der Waals surface area (Å²) in [6.45, 7) is 2.29. The van der Waals surface area contributed by atoms with Crippen molar-refractivity contribution < 1.29 is 4.39 Å². The van der Waals surface area contributed by atoms with Crippen LogP contribution in [0.4, 0.5) is 15.2 Å². The van der Waals surface area contributed by atoms with Crippen molar-refractivity contribution in [3.05, 3.63) is 75.3 Å². The minimum absolute atomic E-state index is 0.0589. The lowest BCUT2D eigenvalue weighted by molar-refractivity contribution is 0.203. The van der Waals surface area contributed by atoms with Gasteiger partial charge in [-0.05, 0) is 99.5 Å². The quantitative estimate of drug-likeness (QED) is 0.277. The SMILES string of the molecule is CN(c1nc(-c2ccc(F)cc2)c(C#N)s1)c1cn(C2CC2)c(=O)c2ccc(C3CCN(C4CC4)CC3)cc12. The van der Waals surface area contributed by atoms with Crippen LogP contribution in [0.25, 0.3) is 22.0 Å². The Bertz CT molecular complexity index is 1650. The Hall–Kier alpha value is -3.54. The zero-order valence-electron chi connectivity index (χ0n) is 21.9. The third kappa shape index (κ3) is 4.54. The molecule has 39 heavy (non-hydrogen) atoms. The van der Waals surface area contributed by atoms with Crippen LogP contribution in [0.1, 0.15) is 60.9 Å². The lowest BCUT2D eigenvalue weighted by Gasteiger charge is -2.32. The Balaban J connectivity index is 1.29. The molecule has 2 aromatic carbocycles. The van der Waals surface area contributed by atoms with Gasteiger partial charge in [0.25, 0.3) is 5.56 Å². The molecular weight excluding hydrogens is 509 g/mol. The maximum Gasteiger partial charge on any atom is 0.258 e. The summed E-state index contributed by atoms with van der Waals surface area (Å²) in [5.74, 6) is 0.163. The van der Waals surface area contributed by atoms with Gasteiger partial charge in [-0.2, -0.15) is 5.26 Å². The van der Waals surface area contributed by atoms with Crippen LogP contribution in [-0.2, 0) is 0 Å². The van der Waals surface area contributed by atoms with Crippen LogP contribution >= 0.6 is 11.3 Å². The van der Waals surface area contributed by atoms with Gasteiger partial charge in [0.15, 0.2) is 5.13 Å². The van der Waals surface area contributed by atoms with Crippen LogP contribution in [0.15, 0.2) is 53.5 Å². The standard InChI is InChI=1S/C31H30FN5OS/c1-35(31-34-29(28(17-33)39-31)20-2-5-22(32)6-3-20)27-18-37(24-9-10-24)30(38)25-11-4-21(16-26(25)27)19-12-14-36(15-13-19)23-7-8-23/h2-6,11,16,18-19,23-24H,7-10,12-15H2,1H3. The van der Waals surface area contributed by atoms with Gasteiger partial charge in [0.2, 0.25) is 0 Å². The molecule has 2 aromatic heterocycles. The zero-order chi connectivity index (χ0) is 26.7. The fourth-order valence-corrected chi connectivity index (χ4v) is 6.84. The average Bonchev–Trinajstić information content (AvgIpc) is 3.91. The number of likely N-dealkylation sites (tertiary alicyclic amines) is 1. The second-order valence-corrected chi connectivity index (χ2v) is 12.1. The first-order valence-electron chi connectivity index (χ1n) is 13.8. The lowest BCUT2D eigenvalue weighted by atomic mass is 9.88. The van der Waals surface area contributed by atoms with Crippen LogP contribution in [0, 0.1) is 17.1 Å². The number of fused-ring (bicyclic) bond motifs is 1. The van der Waals surface area contributed by atoms with Crippen molar-refractivity contribution in [3.63, 3.8) is 0 Å². The maximum atomic E-state index is 13.5. The van der Waals surface area contributed by atoms with E-state index in [1.807, 2.05) is 28.8 Å². The number of aromatic nitrogens is 2. The number of piperidine rings is 1. The van der Waals surface area contributed by atoms with E-state index in [4.69, 9.17) is 4.98 Å². The predicted octanol–water partition coefficient (Wildman–Crippen LogP) is 6.58. The summed E-state index contributed by atoms with van der Waals surface area (Å²) in [5.41, 5.74) is 3.52. The Labute approximate surface area is 230 Å². The Kier molecular flexibility index (Phi) is 6.02. The summed E-state index contributed by atoms with van der Waals surface area (Å²) >= 11 is 1.31. The summed E-state index contributed by atoms with van der Waals surface area (Å²) in [6, 6.07) is 15.8. The number of hydrogen-bond acceptors (Lipinski definition) is 6. The van der Waals surface area contributed by atoms with Crippen LogP contribution in [0.3, 0.4) is 0 Å². The van der Waals surface area contributed by atoms with E-state index in [0.717, 1.165) is 61.3 Å². The number of benzene rings is 2. The number of rotatable bonds is 6. The summed E-state index contributed by atoms with van der Waals surface area (Å²) in [4.78, 5) is 23.4. The monoisotopic (exact) mass is 539 g/mol. The van der Waals surface area contributed by atoms with Gasteiger partial charge in [0.05, 0.1) is 5.69 Å². The van der Waals surface area contributed by atoms with Gasteiger partial charge < -0.3 is 14.4 Å². The van der Waals surface area contributed by atoms with Crippen molar-refractivity contribution >= 4 is 32.9 Å². The van der Waals surface area contributed by atoms with Crippen LogP contribution in [-0.4, -0.2) is 40.6 Å². The highest BCUT2D eigenvalue weighted by atomic mass is 32.1. The van der Waals surface area contributed by atoms with Gasteiger partial charge in [-0.25, -0.2) is 9.37 Å². The van der Waals surface area contributed by atoms with E-state index in [0.29, 0.717) is 27.2 Å². The fraction of sp³-hybridized carbons (Fsp3) is 0.387. The largest absolute Gasteiger partial charge is 0.319 e. The van der Waals surface area contributed by atoms with E-state index < -0.39 is 0 Å². The van der Waals surface area contributed by atoms with Gasteiger partial charge in [-0.3, -0.25) is 4.79 Å². The molecule has 0 N–H and O–H groups in total. The molecule has 8 heteroatoms. The first kappa shape index (κ1) is 24.5. The lowest BCUT2D eigenvalue weighted by Crippen LogP contribution is -2.34. The molecule has 0 bridgehead atoms. The van der Waals surface area contributed by atoms with Gasteiger partial charge >= 0.3 is 0 Å². The van der Waals surface area contributed by atoms with E-state index in [1.165, 1.54) is 41.9 Å². The molecule has 0 spiro atoms. The minimum Gasteiger partial charge on any atom is -0.319 e. The van der Waals surface area contributed by atoms with Gasteiger partial charge in [-0.15, -0.1) is 0 Å². The highest BCUT2D eigenvalue weighted by Crippen LogP contribution is 2.41. The summed E-state index contributed by atoms with van der Waals surface area (Å²) in [5, 5.41) is 12.2. The number of nitriles is 1. The highest BCUT2D eigenvalue weighted by Gasteiger charge is 2.33. The topological polar surface area (TPSA) is 65.2 Å². The van der Waals surface area contributed by atoms with Crippen molar-refractivity contribution in [2.45, 2.75) is 56.5 Å². The number of nitrogens with zero attached hydrogens (tertiary/aromatic N) is 5. The highest BCUT2D eigenvalue weighted by molar-refractivity contribution is 7.16. The molecule has 2 aliphatic carbocycles. The molecule has 4 aromatic rings. The fourth-order valence-electron chi connectivity index (χ4n) is 5.98. The predicted molar refractivity (Wildman–Crippen MR) is 153 cm³/mol. The summed E-state index contributed by atoms with van der Waals surface area (Å²) < 4.78 is 15.4. The first-order chi connectivity index (χ1) is 19.0. The number of pyridine rings is 1. The molecule has 2 saturated carbocycles. The van der Waals surface area contributed by atoms with Crippen molar-refractivity contribution in [1.82, 2.24) is 14.5 Å². The molecule has 7 rings (SSSR count). The van der Waals surface area contributed by atoms with E-state index in [1.54, 1.807) is 12.1 Å². The normalized spacial score (nSPS) is 18.4. The molecule has 1 aliphatic heterocycles. The summed E-state index contributed by atoms with van der Waals surface area (Å²) in [7, 11) is 1.95. The van der Waals surface area contributed by atoms with Gasteiger partial charge in [-0.1, -0.05) is 17.4 Å². The third-order valence-electron chi connectivity index (χ3n) is 8.53. The second-order valence-electron chi connectivity index (χ2n) is 11.2. The van der Waals surface area contributed by atoms with Gasteiger partial charge in [0, 0.05) is 41.7 Å². The van der Waals surface area contributed by atoms with E-state index in [9.17, 15) is 14.4 Å². The first-order valence-corrected chi connectivity index (χ1v) is 14.6.